The Morgan fingerprint density at radius 2 is 0.579 bits per heavy atom. The zero-order chi connectivity index (χ0) is 27.6. The Balaban J connectivity index is 3.08. The van der Waals surface area contributed by atoms with Gasteiger partial charge in [-0.05, 0) is 12.8 Å². The van der Waals surface area contributed by atoms with Gasteiger partial charge in [-0.2, -0.15) is 0 Å². The van der Waals surface area contributed by atoms with E-state index in [0.717, 1.165) is 12.8 Å². The average molecular weight is 537 g/mol. The summed E-state index contributed by atoms with van der Waals surface area (Å²) in [5, 5.41) is 0. The van der Waals surface area contributed by atoms with E-state index >= 15 is 0 Å². The SMILES string of the molecule is CCCCCCCCCCCCCCCCCCCCCCCCCCCCOC(=O)CCCCCCC. The van der Waals surface area contributed by atoms with Crippen LogP contribution in [0.3, 0.4) is 0 Å². The predicted octanol–water partition coefficient (Wildman–Crippen LogP) is 13.1. The van der Waals surface area contributed by atoms with Gasteiger partial charge in [-0.15, -0.1) is 0 Å². The second kappa shape index (κ2) is 34.5. The van der Waals surface area contributed by atoms with Gasteiger partial charge in [0.05, 0.1) is 6.61 Å². The molecule has 0 heterocycles. The van der Waals surface area contributed by atoms with Gasteiger partial charge >= 0.3 is 5.97 Å². The van der Waals surface area contributed by atoms with Gasteiger partial charge in [-0.1, -0.05) is 200 Å². The zero-order valence-electron chi connectivity index (χ0n) is 26.7. The van der Waals surface area contributed by atoms with Gasteiger partial charge in [0, 0.05) is 6.42 Å². The maximum atomic E-state index is 11.7. The molecule has 228 valence electrons. The smallest absolute Gasteiger partial charge is 0.305 e. The standard InChI is InChI=1S/C36H72O2/c1-3-5-7-9-10-11-12-13-14-15-16-17-18-19-20-21-22-23-24-25-26-27-28-29-31-33-35-38-36(37)34-32-30-8-6-4-2/h3-35H2,1-2H3. The number of unbranched alkanes of at least 4 members (excludes halogenated alkanes) is 29. The molecule has 0 amide bonds. The summed E-state index contributed by atoms with van der Waals surface area (Å²) in [6.45, 7) is 5.15. The summed E-state index contributed by atoms with van der Waals surface area (Å²) in [5.41, 5.74) is 0. The van der Waals surface area contributed by atoms with Gasteiger partial charge in [0.25, 0.3) is 0 Å². The van der Waals surface area contributed by atoms with E-state index in [0.29, 0.717) is 13.0 Å². The van der Waals surface area contributed by atoms with Crippen molar-refractivity contribution in [2.24, 2.45) is 0 Å². The molecule has 0 saturated carbocycles. The second-order valence-electron chi connectivity index (χ2n) is 12.2. The van der Waals surface area contributed by atoms with Crippen molar-refractivity contribution in [3.05, 3.63) is 0 Å². The molecule has 0 aromatic rings. The summed E-state index contributed by atoms with van der Waals surface area (Å²) in [6, 6.07) is 0. The zero-order valence-corrected chi connectivity index (χ0v) is 26.7. The normalized spacial score (nSPS) is 11.3. The maximum Gasteiger partial charge on any atom is 0.305 e. The highest BCUT2D eigenvalue weighted by molar-refractivity contribution is 5.69. The fraction of sp³-hybridized carbons (Fsp3) is 0.972. The molecule has 0 aromatic heterocycles. The first-order chi connectivity index (χ1) is 18.8. The van der Waals surface area contributed by atoms with Crippen molar-refractivity contribution in [2.75, 3.05) is 6.61 Å². The lowest BCUT2D eigenvalue weighted by atomic mass is 10.0. The molecule has 0 atom stereocenters. The van der Waals surface area contributed by atoms with E-state index in [1.807, 2.05) is 0 Å². The molecule has 0 radical (unpaired) electrons. The molecule has 38 heavy (non-hydrogen) atoms. The van der Waals surface area contributed by atoms with E-state index in [9.17, 15) is 4.79 Å². The first kappa shape index (κ1) is 37.5. The van der Waals surface area contributed by atoms with E-state index < -0.39 is 0 Å². The summed E-state index contributed by atoms with van der Waals surface area (Å²) in [7, 11) is 0. The average Bonchev–Trinajstić information content (AvgIpc) is 2.92. The third-order valence-electron chi connectivity index (χ3n) is 8.25. The highest BCUT2D eigenvalue weighted by Gasteiger charge is 2.02. The molecule has 0 fully saturated rings. The van der Waals surface area contributed by atoms with Gasteiger partial charge in [0.15, 0.2) is 0 Å². The van der Waals surface area contributed by atoms with E-state index in [4.69, 9.17) is 4.74 Å². The predicted molar refractivity (Wildman–Crippen MR) is 170 cm³/mol. The summed E-state index contributed by atoms with van der Waals surface area (Å²) in [6.07, 6.45) is 43.4. The number of carbonyl (C=O) groups is 1. The van der Waals surface area contributed by atoms with Crippen molar-refractivity contribution < 1.29 is 9.53 Å². The lowest BCUT2D eigenvalue weighted by molar-refractivity contribution is -0.143. The van der Waals surface area contributed by atoms with Crippen LogP contribution in [-0.2, 0) is 9.53 Å². The number of rotatable bonds is 33. The van der Waals surface area contributed by atoms with Gasteiger partial charge in [0.2, 0.25) is 0 Å². The van der Waals surface area contributed by atoms with Crippen LogP contribution in [0.25, 0.3) is 0 Å². The van der Waals surface area contributed by atoms with Crippen molar-refractivity contribution in [1.29, 1.82) is 0 Å². The quantitative estimate of drug-likeness (QED) is 0.0615. The summed E-state index contributed by atoms with van der Waals surface area (Å²) in [4.78, 5) is 11.7. The molecule has 0 unspecified atom stereocenters. The molecule has 0 aliphatic rings. The number of esters is 1. The van der Waals surface area contributed by atoms with Crippen LogP contribution in [-0.4, -0.2) is 12.6 Å². The van der Waals surface area contributed by atoms with Crippen LogP contribution in [0.1, 0.15) is 219 Å². The number of carbonyl (C=O) groups excluding carboxylic acids is 1. The van der Waals surface area contributed by atoms with Gasteiger partial charge in [-0.25, -0.2) is 0 Å². The summed E-state index contributed by atoms with van der Waals surface area (Å²) >= 11 is 0. The van der Waals surface area contributed by atoms with E-state index in [1.165, 1.54) is 186 Å². The molecular formula is C36H72O2. The van der Waals surface area contributed by atoms with E-state index in [-0.39, 0.29) is 5.97 Å². The van der Waals surface area contributed by atoms with Crippen LogP contribution in [0, 0.1) is 0 Å². The highest BCUT2D eigenvalue weighted by Crippen LogP contribution is 2.16. The molecule has 2 nitrogen and oxygen atoms in total. The molecule has 0 aliphatic carbocycles. The monoisotopic (exact) mass is 537 g/mol. The first-order valence-electron chi connectivity index (χ1n) is 18.0. The highest BCUT2D eigenvalue weighted by atomic mass is 16.5. The Kier molecular flexibility index (Phi) is 34.0. The molecular weight excluding hydrogens is 464 g/mol. The summed E-state index contributed by atoms with van der Waals surface area (Å²) < 4.78 is 5.36. The van der Waals surface area contributed by atoms with E-state index in [2.05, 4.69) is 13.8 Å². The minimum atomic E-state index is 0.0149. The fourth-order valence-corrected chi connectivity index (χ4v) is 5.55. The van der Waals surface area contributed by atoms with Gasteiger partial charge < -0.3 is 4.74 Å². The van der Waals surface area contributed by atoms with Crippen molar-refractivity contribution in [3.63, 3.8) is 0 Å². The van der Waals surface area contributed by atoms with E-state index in [1.54, 1.807) is 0 Å². The van der Waals surface area contributed by atoms with Crippen LogP contribution in [0.2, 0.25) is 0 Å². The van der Waals surface area contributed by atoms with Crippen LogP contribution in [0.5, 0.6) is 0 Å². The minimum Gasteiger partial charge on any atom is -0.466 e. The Bertz CT molecular complexity index is 433. The Morgan fingerprint density at radius 1 is 0.342 bits per heavy atom. The Labute approximate surface area is 241 Å². The van der Waals surface area contributed by atoms with Crippen molar-refractivity contribution in [3.8, 4) is 0 Å². The van der Waals surface area contributed by atoms with Gasteiger partial charge in [0.1, 0.15) is 0 Å². The summed E-state index contributed by atoms with van der Waals surface area (Å²) in [5.74, 6) is 0.0149. The molecule has 0 bridgehead atoms. The first-order valence-corrected chi connectivity index (χ1v) is 18.0. The maximum absolute atomic E-state index is 11.7. The number of hydrogen-bond donors (Lipinski definition) is 0. The minimum absolute atomic E-state index is 0.0149. The third kappa shape index (κ3) is 33.5. The largest absolute Gasteiger partial charge is 0.466 e. The fourth-order valence-electron chi connectivity index (χ4n) is 5.55. The van der Waals surface area contributed by atoms with Crippen LogP contribution in [0.4, 0.5) is 0 Å². The van der Waals surface area contributed by atoms with Crippen LogP contribution < -0.4 is 0 Å². The molecule has 0 saturated heterocycles. The molecule has 0 rings (SSSR count). The van der Waals surface area contributed by atoms with Crippen molar-refractivity contribution in [2.45, 2.75) is 219 Å². The molecule has 0 aliphatic heterocycles. The topological polar surface area (TPSA) is 26.3 Å². The number of ether oxygens (including phenoxy) is 1. The Hall–Kier alpha value is -0.530. The third-order valence-corrected chi connectivity index (χ3v) is 8.25. The van der Waals surface area contributed by atoms with Crippen LogP contribution in [0.15, 0.2) is 0 Å². The molecule has 2 heteroatoms. The molecule has 0 N–H and O–H groups in total. The lowest BCUT2D eigenvalue weighted by Crippen LogP contribution is -2.05. The lowest BCUT2D eigenvalue weighted by Gasteiger charge is -2.05. The molecule has 0 spiro atoms. The van der Waals surface area contributed by atoms with Gasteiger partial charge in [-0.3, -0.25) is 4.79 Å². The molecule has 0 aromatic carbocycles. The number of hydrogen-bond acceptors (Lipinski definition) is 2. The second-order valence-corrected chi connectivity index (χ2v) is 12.2. The Morgan fingerprint density at radius 3 is 0.868 bits per heavy atom. The van der Waals surface area contributed by atoms with Crippen molar-refractivity contribution in [1.82, 2.24) is 0 Å². The van der Waals surface area contributed by atoms with Crippen molar-refractivity contribution >= 4 is 5.97 Å². The van der Waals surface area contributed by atoms with Crippen LogP contribution >= 0.6 is 0 Å².